The molecular weight excluding hydrogens is 370 g/mol. The number of aromatic nitrogens is 1. The van der Waals surface area contributed by atoms with Crippen LogP contribution in [0.15, 0.2) is 34.6 Å². The van der Waals surface area contributed by atoms with Crippen molar-refractivity contribution in [3.05, 3.63) is 40.3 Å². The highest BCUT2D eigenvalue weighted by Crippen LogP contribution is 2.30. The zero-order valence-corrected chi connectivity index (χ0v) is 17.9. The molecule has 2 heterocycles. The van der Waals surface area contributed by atoms with Gasteiger partial charge in [0.2, 0.25) is 0 Å². The maximum absolute atomic E-state index is 5.51. The van der Waals surface area contributed by atoms with Crippen LogP contribution in [-0.2, 0) is 12.8 Å². The molecule has 28 heavy (non-hydrogen) atoms. The smallest absolute Gasteiger partial charge is 0.191 e. The molecule has 1 aliphatic rings. The van der Waals surface area contributed by atoms with Gasteiger partial charge in [-0.2, -0.15) is 0 Å². The normalized spacial score (nSPS) is 17.0. The van der Waals surface area contributed by atoms with Gasteiger partial charge in [-0.25, -0.2) is 4.98 Å². The molecule has 3 rings (SSSR count). The van der Waals surface area contributed by atoms with Crippen molar-refractivity contribution in [2.45, 2.75) is 39.2 Å². The molecule has 1 aromatic carbocycles. The van der Waals surface area contributed by atoms with Crippen LogP contribution in [0.3, 0.4) is 0 Å². The van der Waals surface area contributed by atoms with Crippen LogP contribution >= 0.6 is 11.3 Å². The fourth-order valence-corrected chi connectivity index (χ4v) is 4.19. The number of para-hydroxylation sites is 2. The molecule has 0 saturated carbocycles. The van der Waals surface area contributed by atoms with Gasteiger partial charge in [0.05, 0.1) is 23.5 Å². The minimum Gasteiger partial charge on any atom is -0.495 e. The van der Waals surface area contributed by atoms with E-state index in [0.717, 1.165) is 68.5 Å². The lowest BCUT2D eigenvalue weighted by atomic mass is 10.2. The first kappa shape index (κ1) is 20.5. The van der Waals surface area contributed by atoms with Crippen LogP contribution in [0.1, 0.15) is 31.0 Å². The summed E-state index contributed by atoms with van der Waals surface area (Å²) in [6.07, 6.45) is 2.96. The van der Waals surface area contributed by atoms with E-state index in [0.29, 0.717) is 6.04 Å². The summed E-state index contributed by atoms with van der Waals surface area (Å²) in [6.45, 7) is 7.79. The Kier molecular flexibility index (Phi) is 7.54. The zero-order valence-electron chi connectivity index (χ0n) is 17.1. The second kappa shape index (κ2) is 10.3. The van der Waals surface area contributed by atoms with E-state index in [9.17, 15) is 0 Å². The Hall–Kier alpha value is -2.28. The molecule has 1 aliphatic heterocycles. The summed E-state index contributed by atoms with van der Waals surface area (Å²) in [5.74, 6) is 1.82. The number of methoxy groups -OCH3 is 1. The molecule has 152 valence electrons. The van der Waals surface area contributed by atoms with E-state index in [-0.39, 0.29) is 0 Å². The van der Waals surface area contributed by atoms with Crippen molar-refractivity contribution in [3.63, 3.8) is 0 Å². The van der Waals surface area contributed by atoms with Crippen LogP contribution in [0.25, 0.3) is 0 Å². The first-order valence-electron chi connectivity index (χ1n) is 10.1. The molecule has 2 N–H and O–H groups in total. The van der Waals surface area contributed by atoms with Gasteiger partial charge >= 0.3 is 0 Å². The molecule has 0 aliphatic carbocycles. The lowest BCUT2D eigenvalue weighted by Gasteiger charge is -2.22. The minimum absolute atomic E-state index is 0.369. The molecule has 0 bridgehead atoms. The minimum atomic E-state index is 0.369. The number of nitrogens with one attached hydrogen (secondary N) is 2. The molecule has 7 heteroatoms. The molecule has 1 aromatic heterocycles. The molecule has 2 aromatic rings. The maximum atomic E-state index is 5.51. The molecule has 1 fully saturated rings. The van der Waals surface area contributed by atoms with Crippen LogP contribution in [0, 0.1) is 0 Å². The van der Waals surface area contributed by atoms with Gasteiger partial charge in [0.25, 0.3) is 0 Å². The summed E-state index contributed by atoms with van der Waals surface area (Å²) in [4.78, 5) is 11.8. The van der Waals surface area contributed by atoms with Crippen molar-refractivity contribution < 1.29 is 4.74 Å². The number of hydrogen-bond acceptors (Lipinski definition) is 5. The molecular formula is C21H31N5OS. The van der Waals surface area contributed by atoms with Gasteiger partial charge in [-0.05, 0) is 31.9 Å². The van der Waals surface area contributed by atoms with Gasteiger partial charge in [-0.3, -0.25) is 4.99 Å². The quantitative estimate of drug-likeness (QED) is 0.526. The Morgan fingerprint density at radius 1 is 1.36 bits per heavy atom. The third-order valence-corrected chi connectivity index (χ3v) is 5.88. The Labute approximate surface area is 172 Å². The summed E-state index contributed by atoms with van der Waals surface area (Å²) < 4.78 is 5.51. The van der Waals surface area contributed by atoms with Crippen molar-refractivity contribution in [2.75, 3.05) is 38.2 Å². The third kappa shape index (κ3) is 5.38. The average Bonchev–Trinajstić information content (AvgIpc) is 3.37. The molecule has 6 nitrogen and oxygen atoms in total. The fourth-order valence-electron chi connectivity index (χ4n) is 3.41. The molecule has 0 spiro atoms. The first-order valence-corrected chi connectivity index (χ1v) is 11.0. The number of aryl methyl sites for hydroxylation is 1. The van der Waals surface area contributed by atoms with Crippen molar-refractivity contribution in [2.24, 2.45) is 4.99 Å². The van der Waals surface area contributed by atoms with Gasteiger partial charge in [0.15, 0.2) is 5.96 Å². The van der Waals surface area contributed by atoms with Crippen LogP contribution in [0.5, 0.6) is 5.75 Å². The average molecular weight is 402 g/mol. The summed E-state index contributed by atoms with van der Waals surface area (Å²) in [5.41, 5.74) is 2.30. The van der Waals surface area contributed by atoms with Gasteiger partial charge in [-0.15, -0.1) is 11.3 Å². The number of hydrogen-bond donors (Lipinski definition) is 2. The van der Waals surface area contributed by atoms with E-state index in [1.54, 1.807) is 18.4 Å². The summed E-state index contributed by atoms with van der Waals surface area (Å²) in [6, 6.07) is 8.58. The van der Waals surface area contributed by atoms with Crippen LogP contribution in [0.4, 0.5) is 5.69 Å². The lowest BCUT2D eigenvalue weighted by Crippen LogP contribution is -2.44. The van der Waals surface area contributed by atoms with Crippen LogP contribution < -0.4 is 20.3 Å². The van der Waals surface area contributed by atoms with Gasteiger partial charge < -0.3 is 20.3 Å². The van der Waals surface area contributed by atoms with Crippen LogP contribution in [0.2, 0.25) is 0 Å². The molecule has 0 radical (unpaired) electrons. The Morgan fingerprint density at radius 2 is 2.21 bits per heavy atom. The molecule has 1 saturated heterocycles. The highest BCUT2D eigenvalue weighted by Gasteiger charge is 2.25. The number of nitrogens with zero attached hydrogens (tertiary/aromatic N) is 3. The van der Waals surface area contributed by atoms with E-state index < -0.39 is 0 Å². The number of rotatable bonds is 8. The lowest BCUT2D eigenvalue weighted by molar-refractivity contribution is 0.415. The Bertz CT molecular complexity index is 776. The number of anilines is 1. The summed E-state index contributed by atoms with van der Waals surface area (Å²) in [5, 5.41) is 10.3. The highest BCUT2D eigenvalue weighted by atomic mass is 32.1. The first-order chi connectivity index (χ1) is 13.7. The van der Waals surface area contributed by atoms with E-state index in [2.05, 4.69) is 51.9 Å². The van der Waals surface area contributed by atoms with Crippen molar-refractivity contribution in [1.29, 1.82) is 0 Å². The SMILES string of the molecule is CCNC(=NCCc1csc(CC)n1)NC1CCN(c2ccccc2OC)C1. The number of guanidine groups is 1. The fraction of sp³-hybridized carbons (Fsp3) is 0.524. The second-order valence-electron chi connectivity index (χ2n) is 6.84. The largest absolute Gasteiger partial charge is 0.495 e. The Balaban J connectivity index is 1.55. The van der Waals surface area contributed by atoms with E-state index >= 15 is 0 Å². The predicted octanol–water partition coefficient (Wildman–Crippen LogP) is 3.09. The highest BCUT2D eigenvalue weighted by molar-refractivity contribution is 7.09. The molecule has 1 atom stereocenters. The van der Waals surface area contributed by atoms with Crippen molar-refractivity contribution in [1.82, 2.24) is 15.6 Å². The third-order valence-electron chi connectivity index (χ3n) is 4.84. The van der Waals surface area contributed by atoms with Gasteiger partial charge in [0.1, 0.15) is 5.75 Å². The van der Waals surface area contributed by atoms with Gasteiger partial charge in [-0.1, -0.05) is 19.1 Å². The second-order valence-corrected chi connectivity index (χ2v) is 7.79. The number of thiazole rings is 1. The van der Waals surface area contributed by atoms with E-state index in [1.807, 2.05) is 12.1 Å². The summed E-state index contributed by atoms with van der Waals surface area (Å²) in [7, 11) is 1.73. The topological polar surface area (TPSA) is 61.8 Å². The van der Waals surface area contributed by atoms with Crippen molar-refractivity contribution in [3.8, 4) is 5.75 Å². The number of benzene rings is 1. The van der Waals surface area contributed by atoms with Crippen molar-refractivity contribution >= 4 is 23.0 Å². The van der Waals surface area contributed by atoms with Crippen LogP contribution in [-0.4, -0.2) is 50.3 Å². The Morgan fingerprint density at radius 3 is 2.96 bits per heavy atom. The zero-order chi connectivity index (χ0) is 19.8. The number of ether oxygens (including phenoxy) is 1. The monoisotopic (exact) mass is 401 g/mol. The summed E-state index contributed by atoms with van der Waals surface area (Å²) >= 11 is 1.74. The predicted molar refractivity (Wildman–Crippen MR) is 118 cm³/mol. The number of aliphatic imine (C=N–C) groups is 1. The van der Waals surface area contributed by atoms with E-state index in [1.165, 1.54) is 5.01 Å². The molecule has 0 amide bonds. The van der Waals surface area contributed by atoms with Gasteiger partial charge in [0, 0.05) is 44.0 Å². The standard InChI is InChI=1S/C21H31N5OS/c1-4-20-24-17(15-28-20)10-12-23-21(22-5-2)25-16-11-13-26(14-16)18-8-6-7-9-19(18)27-3/h6-9,15-16H,4-5,10-14H2,1-3H3,(H2,22,23,25). The molecule has 1 unspecified atom stereocenters. The maximum Gasteiger partial charge on any atom is 0.191 e. The van der Waals surface area contributed by atoms with E-state index in [4.69, 9.17) is 9.73 Å².